The van der Waals surface area contributed by atoms with E-state index in [0.29, 0.717) is 25.7 Å². The monoisotopic (exact) mass is 838 g/mol. The van der Waals surface area contributed by atoms with Crippen molar-refractivity contribution in [3.05, 3.63) is 0 Å². The molecule has 8 unspecified atom stereocenters. The van der Waals surface area contributed by atoms with Crippen molar-refractivity contribution >= 4 is 11.9 Å². The summed E-state index contributed by atoms with van der Waals surface area (Å²) < 4.78 is 207. The van der Waals surface area contributed by atoms with Crippen LogP contribution in [0.2, 0.25) is 0 Å². The Kier molecular flexibility index (Phi) is 14.7. The molecule has 0 aromatic heterocycles. The van der Waals surface area contributed by atoms with Crippen LogP contribution in [0.15, 0.2) is 0 Å². The van der Waals surface area contributed by atoms with Gasteiger partial charge in [0, 0.05) is 0 Å². The summed E-state index contributed by atoms with van der Waals surface area (Å²) in [6, 6.07) is 0. The molecule has 55 heavy (non-hydrogen) atoms. The molecule has 0 radical (unpaired) electrons. The zero-order valence-corrected chi connectivity index (χ0v) is 31.8. The van der Waals surface area contributed by atoms with E-state index in [0.717, 1.165) is 20.8 Å². The Morgan fingerprint density at radius 2 is 1.09 bits per heavy atom. The number of esters is 2. The van der Waals surface area contributed by atoms with Crippen molar-refractivity contribution < 1.29 is 95.1 Å². The van der Waals surface area contributed by atoms with Crippen LogP contribution in [0.4, 0.5) is 65.9 Å². The fraction of sp³-hybridized carbons (Fsp3) is 0.941. The highest BCUT2D eigenvalue weighted by Crippen LogP contribution is 2.62. The third kappa shape index (κ3) is 9.92. The molecule has 0 saturated heterocycles. The second kappa shape index (κ2) is 15.9. The Hall–Kier alpha value is -2.19. The maximum Gasteiger partial charge on any atom is 0.430 e. The van der Waals surface area contributed by atoms with E-state index >= 15 is 0 Å². The first-order valence-corrected chi connectivity index (χ1v) is 17.2. The molecule has 0 aromatic rings. The molecule has 2 fully saturated rings. The first-order chi connectivity index (χ1) is 24.0. The number of hydrogen-bond donors (Lipinski definition) is 2. The van der Waals surface area contributed by atoms with E-state index in [1.807, 2.05) is 13.8 Å². The molecule has 21 heteroatoms. The normalized spacial score (nSPS) is 26.5. The number of halogens is 15. The van der Waals surface area contributed by atoms with Crippen molar-refractivity contribution in [3.8, 4) is 0 Å². The van der Waals surface area contributed by atoms with Gasteiger partial charge in [-0.25, -0.2) is 0 Å². The van der Waals surface area contributed by atoms with Crippen LogP contribution in [0.25, 0.3) is 0 Å². The van der Waals surface area contributed by atoms with Crippen molar-refractivity contribution in [3.63, 3.8) is 0 Å². The molecule has 2 aliphatic rings. The number of alkyl halides is 15. The van der Waals surface area contributed by atoms with Gasteiger partial charge in [-0.15, -0.1) is 0 Å². The van der Waals surface area contributed by atoms with Gasteiger partial charge in [0.15, 0.2) is 5.41 Å². The molecule has 0 aromatic carbocycles. The molecule has 8 atom stereocenters. The molecule has 0 spiro atoms. The van der Waals surface area contributed by atoms with Crippen LogP contribution in [0.3, 0.4) is 0 Å². The van der Waals surface area contributed by atoms with E-state index in [1.54, 1.807) is 6.92 Å². The predicted molar refractivity (Wildman–Crippen MR) is 165 cm³/mol. The summed E-state index contributed by atoms with van der Waals surface area (Å²) in [7, 11) is 0. The molecule has 0 heterocycles. The van der Waals surface area contributed by atoms with Gasteiger partial charge < -0.3 is 19.7 Å². The standard InChI is InChI=1S/C20H30F6O3.C14H19F9O3/c1-10-11(2)13-7-12(10)8-17(13,6)15(27)29-14(9-16(3,4)5)18(28,19(21,22)23)20(24,25)26;1-5-10(4,12(15,16)17)9(24)26-8(6-7(2)3)11(25,13(18,19)20)14(21,22)23/h10-14,28H,7-9H2,1-6H3;7-8,25H,5-6H2,1-4H3. The van der Waals surface area contributed by atoms with Crippen LogP contribution in [-0.4, -0.2) is 76.4 Å². The van der Waals surface area contributed by atoms with Gasteiger partial charge in [-0.1, -0.05) is 55.4 Å². The topological polar surface area (TPSA) is 93.1 Å². The highest BCUT2D eigenvalue weighted by atomic mass is 19.4. The van der Waals surface area contributed by atoms with E-state index in [1.165, 1.54) is 20.8 Å². The summed E-state index contributed by atoms with van der Waals surface area (Å²) in [6.07, 6.45) is -38.1. The summed E-state index contributed by atoms with van der Waals surface area (Å²) in [4.78, 5) is 24.8. The first kappa shape index (κ1) is 50.8. The van der Waals surface area contributed by atoms with E-state index in [9.17, 15) is 85.7 Å². The van der Waals surface area contributed by atoms with Crippen LogP contribution in [0.1, 0.15) is 101 Å². The van der Waals surface area contributed by atoms with Crippen molar-refractivity contribution in [2.24, 2.45) is 45.8 Å². The fourth-order valence-electron chi connectivity index (χ4n) is 7.19. The zero-order chi connectivity index (χ0) is 44.1. The summed E-state index contributed by atoms with van der Waals surface area (Å²) >= 11 is 0. The molecular weight excluding hydrogens is 789 g/mol. The average Bonchev–Trinajstić information content (AvgIpc) is 3.45. The Balaban J connectivity index is 0.000000554. The number of fused-ring (bicyclic) bond motifs is 2. The molecule has 2 N–H and O–H groups in total. The fourth-order valence-corrected chi connectivity index (χ4v) is 7.19. The molecular formula is C34H49F15O6. The summed E-state index contributed by atoms with van der Waals surface area (Å²) in [5, 5.41) is 19.3. The molecule has 0 aliphatic heterocycles. The van der Waals surface area contributed by atoms with Crippen LogP contribution < -0.4 is 0 Å². The number of carbonyl (C=O) groups is 2. The summed E-state index contributed by atoms with van der Waals surface area (Å²) in [6.45, 7) is 13.2. The lowest BCUT2D eigenvalue weighted by atomic mass is 9.66. The largest absolute Gasteiger partial charge is 0.458 e. The smallest absolute Gasteiger partial charge is 0.430 e. The molecule has 6 nitrogen and oxygen atoms in total. The third-order valence-corrected chi connectivity index (χ3v) is 11.2. The molecule has 2 saturated carbocycles. The number of rotatable bonds is 10. The lowest BCUT2D eigenvalue weighted by Crippen LogP contribution is -2.66. The van der Waals surface area contributed by atoms with Crippen LogP contribution in [0, 0.1) is 45.8 Å². The van der Waals surface area contributed by atoms with E-state index in [4.69, 9.17) is 4.74 Å². The zero-order valence-electron chi connectivity index (χ0n) is 31.8. The van der Waals surface area contributed by atoms with Gasteiger partial charge in [0.1, 0.15) is 12.2 Å². The van der Waals surface area contributed by atoms with Crippen molar-refractivity contribution in [2.45, 2.75) is 156 Å². The maximum atomic E-state index is 13.5. The lowest BCUT2D eigenvalue weighted by molar-refractivity contribution is -0.394. The second-order valence-corrected chi connectivity index (χ2v) is 16.8. The maximum absolute atomic E-state index is 13.5. The van der Waals surface area contributed by atoms with E-state index in [2.05, 4.69) is 4.74 Å². The highest BCUT2D eigenvalue weighted by Gasteiger charge is 2.77. The van der Waals surface area contributed by atoms with Gasteiger partial charge in [-0.3, -0.25) is 9.59 Å². The van der Waals surface area contributed by atoms with Gasteiger partial charge in [0.05, 0.1) is 5.41 Å². The number of hydrogen-bond acceptors (Lipinski definition) is 6. The molecule has 0 amide bonds. The Bertz CT molecular complexity index is 1300. The molecule has 2 aliphatic carbocycles. The predicted octanol–water partition coefficient (Wildman–Crippen LogP) is 10.3. The van der Waals surface area contributed by atoms with Gasteiger partial charge in [0.2, 0.25) is 0 Å². The number of ether oxygens (including phenoxy) is 2. The van der Waals surface area contributed by atoms with Crippen LogP contribution in [0.5, 0.6) is 0 Å². The van der Waals surface area contributed by atoms with Crippen LogP contribution >= 0.6 is 0 Å². The van der Waals surface area contributed by atoms with Gasteiger partial charge >= 0.3 is 42.8 Å². The minimum atomic E-state index is -6.34. The van der Waals surface area contributed by atoms with E-state index < -0.39 is 108 Å². The van der Waals surface area contributed by atoms with Gasteiger partial charge in [0.25, 0.3) is 11.2 Å². The second-order valence-electron chi connectivity index (χ2n) is 16.8. The highest BCUT2D eigenvalue weighted by molar-refractivity contribution is 5.78. The SMILES string of the molecule is CC1C2CC(C1C)C(C)(C(=O)OC(CC(C)(C)C)C(O)(C(F)(F)F)C(F)(F)F)C2.CCC(C)(C(=O)OC(CC(C)C)C(O)(C(F)(F)F)C(F)(F)F)C(F)(F)F. The Morgan fingerprint density at radius 3 is 1.38 bits per heavy atom. The average molecular weight is 839 g/mol. The number of carbonyl (C=O) groups excluding carboxylic acids is 2. The van der Waals surface area contributed by atoms with Gasteiger partial charge in [-0.05, 0) is 81.0 Å². The molecule has 2 bridgehead atoms. The minimum Gasteiger partial charge on any atom is -0.458 e. The van der Waals surface area contributed by atoms with Gasteiger partial charge in [-0.2, -0.15) is 65.9 Å². The molecule has 326 valence electrons. The number of aliphatic hydroxyl groups is 2. The summed E-state index contributed by atoms with van der Waals surface area (Å²) in [5.41, 5.74) is -16.2. The Labute approximate surface area is 308 Å². The van der Waals surface area contributed by atoms with E-state index in [-0.39, 0.29) is 17.8 Å². The van der Waals surface area contributed by atoms with Crippen molar-refractivity contribution in [1.82, 2.24) is 0 Å². The lowest BCUT2D eigenvalue weighted by Gasteiger charge is -2.43. The minimum absolute atomic E-state index is 0.108. The summed E-state index contributed by atoms with van der Waals surface area (Å²) in [5.74, 6) is -3.95. The third-order valence-electron chi connectivity index (χ3n) is 11.2. The Morgan fingerprint density at radius 1 is 0.691 bits per heavy atom. The van der Waals surface area contributed by atoms with Crippen molar-refractivity contribution in [1.29, 1.82) is 0 Å². The quantitative estimate of drug-likeness (QED) is 0.168. The van der Waals surface area contributed by atoms with Crippen LogP contribution in [-0.2, 0) is 19.1 Å². The van der Waals surface area contributed by atoms with Crippen molar-refractivity contribution in [2.75, 3.05) is 0 Å². The first-order valence-electron chi connectivity index (χ1n) is 17.2. The molecule has 2 rings (SSSR count).